The standard InChI is InChI=1S/C32H40N4O/c1-6-7-16-36-22-31(33-34-36)21-35-19-29(17-25-8-12-27(13-9-25)23(2)3)32(37)30(20-35)18-26-10-14-28(15-11-26)24(4)5/h8-15,17-18,22-24H,6-7,16,19-21H2,1-5H3. The van der Waals surface area contributed by atoms with Crippen molar-refractivity contribution in [2.75, 3.05) is 13.1 Å². The monoisotopic (exact) mass is 496 g/mol. The topological polar surface area (TPSA) is 51.0 Å². The Hall–Kier alpha value is -3.31. The molecule has 0 amide bonds. The molecule has 0 unspecified atom stereocenters. The molecule has 0 atom stereocenters. The smallest absolute Gasteiger partial charge is 0.187 e. The highest BCUT2D eigenvalue weighted by molar-refractivity contribution is 6.14. The van der Waals surface area contributed by atoms with E-state index in [0.717, 1.165) is 47.4 Å². The van der Waals surface area contributed by atoms with E-state index in [1.54, 1.807) is 0 Å². The van der Waals surface area contributed by atoms with E-state index >= 15 is 0 Å². The molecule has 1 saturated heterocycles. The molecule has 0 bridgehead atoms. The van der Waals surface area contributed by atoms with E-state index in [1.165, 1.54) is 11.1 Å². The molecule has 1 aliphatic heterocycles. The average Bonchev–Trinajstić information content (AvgIpc) is 3.33. The molecule has 37 heavy (non-hydrogen) atoms. The number of carbonyl (C=O) groups is 1. The summed E-state index contributed by atoms with van der Waals surface area (Å²) in [5.74, 6) is 1.09. The Labute approximate surface area is 221 Å². The number of unbranched alkanes of at least 4 members (excludes halogenated alkanes) is 1. The summed E-state index contributed by atoms with van der Waals surface area (Å²) in [6, 6.07) is 17.1. The lowest BCUT2D eigenvalue weighted by atomic mass is 9.93. The second-order valence-electron chi connectivity index (χ2n) is 10.8. The Kier molecular flexibility index (Phi) is 8.88. The van der Waals surface area contributed by atoms with Crippen LogP contribution in [0.3, 0.4) is 0 Å². The number of aromatic nitrogens is 3. The van der Waals surface area contributed by atoms with Gasteiger partial charge in [0.2, 0.25) is 0 Å². The fourth-order valence-electron chi connectivity index (χ4n) is 4.65. The van der Waals surface area contributed by atoms with Gasteiger partial charge in [0.05, 0.1) is 5.69 Å². The summed E-state index contributed by atoms with van der Waals surface area (Å²) in [6.45, 7) is 13.7. The van der Waals surface area contributed by atoms with Crippen molar-refractivity contribution in [1.29, 1.82) is 0 Å². The molecular weight excluding hydrogens is 456 g/mol. The van der Waals surface area contributed by atoms with Gasteiger partial charge in [-0.3, -0.25) is 14.4 Å². The van der Waals surface area contributed by atoms with Crippen molar-refractivity contribution in [3.8, 4) is 0 Å². The molecule has 0 radical (unpaired) electrons. The van der Waals surface area contributed by atoms with Crippen LogP contribution in [0.1, 0.15) is 87.2 Å². The predicted molar refractivity (Wildman–Crippen MR) is 152 cm³/mol. The fourth-order valence-corrected chi connectivity index (χ4v) is 4.65. The lowest BCUT2D eigenvalue weighted by Gasteiger charge is -2.29. The number of hydrogen-bond acceptors (Lipinski definition) is 4. The van der Waals surface area contributed by atoms with Crippen LogP contribution < -0.4 is 0 Å². The molecule has 0 saturated carbocycles. The van der Waals surface area contributed by atoms with E-state index in [1.807, 2.05) is 23.0 Å². The normalized spacial score (nSPS) is 17.0. The van der Waals surface area contributed by atoms with Crippen molar-refractivity contribution < 1.29 is 4.79 Å². The van der Waals surface area contributed by atoms with Gasteiger partial charge in [0.25, 0.3) is 0 Å². The largest absolute Gasteiger partial charge is 0.289 e. The lowest BCUT2D eigenvalue weighted by molar-refractivity contribution is -0.113. The van der Waals surface area contributed by atoms with Crippen molar-refractivity contribution in [2.45, 2.75) is 72.4 Å². The first kappa shape index (κ1) is 26.7. The van der Waals surface area contributed by atoms with E-state index in [2.05, 4.69) is 98.4 Å². The van der Waals surface area contributed by atoms with Crippen LogP contribution in [0.15, 0.2) is 65.9 Å². The van der Waals surface area contributed by atoms with Crippen molar-refractivity contribution in [3.05, 3.63) is 93.8 Å². The van der Waals surface area contributed by atoms with Crippen LogP contribution in [0.4, 0.5) is 0 Å². The molecule has 2 heterocycles. The van der Waals surface area contributed by atoms with Gasteiger partial charge in [-0.05, 0) is 52.7 Å². The van der Waals surface area contributed by atoms with Gasteiger partial charge in [-0.15, -0.1) is 5.10 Å². The van der Waals surface area contributed by atoms with Gasteiger partial charge in [0, 0.05) is 43.5 Å². The number of ketones is 1. The maximum Gasteiger partial charge on any atom is 0.187 e. The number of hydrogen-bond donors (Lipinski definition) is 0. The number of aryl methyl sites for hydroxylation is 1. The van der Waals surface area contributed by atoms with Crippen LogP contribution in [0.5, 0.6) is 0 Å². The van der Waals surface area contributed by atoms with Gasteiger partial charge in [-0.2, -0.15) is 0 Å². The van der Waals surface area contributed by atoms with Gasteiger partial charge in [-0.1, -0.05) is 94.8 Å². The van der Waals surface area contributed by atoms with Crippen molar-refractivity contribution in [1.82, 2.24) is 19.9 Å². The van der Waals surface area contributed by atoms with Gasteiger partial charge >= 0.3 is 0 Å². The molecule has 1 fully saturated rings. The van der Waals surface area contributed by atoms with Crippen LogP contribution in [-0.2, 0) is 17.9 Å². The minimum Gasteiger partial charge on any atom is -0.289 e. The number of piperidine rings is 1. The summed E-state index contributed by atoms with van der Waals surface area (Å²) in [5, 5.41) is 8.70. The highest BCUT2D eigenvalue weighted by atomic mass is 16.1. The predicted octanol–water partition coefficient (Wildman–Crippen LogP) is 6.88. The summed E-state index contributed by atoms with van der Waals surface area (Å²) in [5.41, 5.74) is 7.28. The SMILES string of the molecule is CCCCn1cc(CN2CC(=Cc3ccc(C(C)C)cc3)C(=O)C(=Cc3ccc(C(C)C)cc3)C2)nn1. The Balaban J connectivity index is 1.61. The highest BCUT2D eigenvalue weighted by Gasteiger charge is 2.27. The zero-order valence-electron chi connectivity index (χ0n) is 22.9. The van der Waals surface area contributed by atoms with Crippen LogP contribution in [0.25, 0.3) is 12.2 Å². The van der Waals surface area contributed by atoms with Crippen LogP contribution >= 0.6 is 0 Å². The second-order valence-corrected chi connectivity index (χ2v) is 10.8. The minimum absolute atomic E-state index is 0.128. The van der Waals surface area contributed by atoms with Gasteiger partial charge in [0.15, 0.2) is 5.78 Å². The van der Waals surface area contributed by atoms with Crippen molar-refractivity contribution in [2.24, 2.45) is 0 Å². The number of carbonyl (C=O) groups excluding carboxylic acids is 1. The zero-order valence-corrected chi connectivity index (χ0v) is 22.9. The molecule has 0 N–H and O–H groups in total. The number of nitrogens with zero attached hydrogens (tertiary/aromatic N) is 4. The van der Waals surface area contributed by atoms with E-state index in [0.29, 0.717) is 31.5 Å². The third-order valence-corrected chi connectivity index (χ3v) is 6.97. The quantitative estimate of drug-likeness (QED) is 0.303. The zero-order chi connectivity index (χ0) is 26.4. The maximum atomic E-state index is 13.6. The van der Waals surface area contributed by atoms with Gasteiger partial charge < -0.3 is 0 Å². The van der Waals surface area contributed by atoms with Gasteiger partial charge in [0.1, 0.15) is 0 Å². The van der Waals surface area contributed by atoms with E-state index in [4.69, 9.17) is 0 Å². The van der Waals surface area contributed by atoms with E-state index in [-0.39, 0.29) is 5.78 Å². The van der Waals surface area contributed by atoms with Crippen LogP contribution in [-0.4, -0.2) is 38.8 Å². The molecule has 0 aliphatic carbocycles. The van der Waals surface area contributed by atoms with Crippen molar-refractivity contribution >= 4 is 17.9 Å². The molecule has 1 aromatic heterocycles. The van der Waals surface area contributed by atoms with Gasteiger partial charge in [-0.25, -0.2) is 0 Å². The first-order valence-electron chi connectivity index (χ1n) is 13.6. The molecular formula is C32H40N4O. The third-order valence-electron chi connectivity index (χ3n) is 6.97. The molecule has 1 aliphatic rings. The summed E-state index contributed by atoms with van der Waals surface area (Å²) in [4.78, 5) is 15.9. The summed E-state index contributed by atoms with van der Waals surface area (Å²) in [6.07, 6.45) is 8.35. The first-order chi connectivity index (χ1) is 17.8. The molecule has 4 rings (SSSR count). The van der Waals surface area contributed by atoms with E-state index in [9.17, 15) is 4.79 Å². The third kappa shape index (κ3) is 7.14. The average molecular weight is 497 g/mol. The Morgan fingerprint density at radius 3 is 1.81 bits per heavy atom. The number of rotatable bonds is 9. The highest BCUT2D eigenvalue weighted by Crippen LogP contribution is 2.25. The molecule has 194 valence electrons. The van der Waals surface area contributed by atoms with Crippen LogP contribution in [0, 0.1) is 0 Å². The fraction of sp³-hybridized carbons (Fsp3) is 0.406. The summed E-state index contributed by atoms with van der Waals surface area (Å²) in [7, 11) is 0. The Morgan fingerprint density at radius 2 is 1.35 bits per heavy atom. The summed E-state index contributed by atoms with van der Waals surface area (Å²) < 4.78 is 1.92. The number of benzene rings is 2. The maximum absolute atomic E-state index is 13.6. The summed E-state index contributed by atoms with van der Waals surface area (Å²) >= 11 is 0. The van der Waals surface area contributed by atoms with Crippen molar-refractivity contribution in [3.63, 3.8) is 0 Å². The van der Waals surface area contributed by atoms with Crippen LogP contribution in [0.2, 0.25) is 0 Å². The lowest BCUT2D eigenvalue weighted by Crippen LogP contribution is -2.37. The second kappa shape index (κ2) is 12.3. The van der Waals surface area contributed by atoms with E-state index < -0.39 is 0 Å². The number of likely N-dealkylation sites (tertiary alicyclic amines) is 1. The molecule has 2 aromatic carbocycles. The molecule has 5 nitrogen and oxygen atoms in total. The Bertz CT molecular complexity index is 1170. The minimum atomic E-state index is 0.128. The molecule has 0 spiro atoms. The molecule has 5 heteroatoms. The first-order valence-corrected chi connectivity index (χ1v) is 13.6. The number of Topliss-reactive ketones (excluding diaryl/α,β-unsaturated/α-hetero) is 1. The Morgan fingerprint density at radius 1 is 0.838 bits per heavy atom. The molecule has 3 aromatic rings.